The number of hydrogen-bond acceptors (Lipinski definition) is 3. The molecule has 2 heterocycles. The fourth-order valence-electron chi connectivity index (χ4n) is 4.43. The van der Waals surface area contributed by atoms with E-state index in [0.29, 0.717) is 39.0 Å². The van der Waals surface area contributed by atoms with Gasteiger partial charge in [-0.3, -0.25) is 14.3 Å². The highest BCUT2D eigenvalue weighted by atomic mass is 16.2. The topological polar surface area (TPSA) is 67.2 Å². The van der Waals surface area contributed by atoms with Gasteiger partial charge in [-0.05, 0) is 18.4 Å². The van der Waals surface area contributed by atoms with Crippen LogP contribution in [0.4, 0.5) is 0 Å². The van der Waals surface area contributed by atoms with Crippen molar-refractivity contribution in [3.63, 3.8) is 0 Å². The van der Waals surface area contributed by atoms with Crippen LogP contribution in [0.25, 0.3) is 11.3 Å². The molecule has 178 valence electrons. The van der Waals surface area contributed by atoms with E-state index in [1.54, 1.807) is 0 Å². The maximum absolute atomic E-state index is 12.9. The first-order valence-electron chi connectivity index (χ1n) is 12.0. The molecule has 1 aromatic heterocycles. The number of carbonyl (C=O) groups excluding carboxylic acids is 2. The Bertz CT molecular complexity index is 1110. The number of carbonyl (C=O) groups is 2. The fourth-order valence-corrected chi connectivity index (χ4v) is 4.43. The molecule has 0 unspecified atom stereocenters. The summed E-state index contributed by atoms with van der Waals surface area (Å²) in [5.74, 6) is 0.144. The van der Waals surface area contributed by atoms with Crippen LogP contribution in [0.3, 0.4) is 0 Å². The van der Waals surface area contributed by atoms with Gasteiger partial charge in [0.05, 0.1) is 12.2 Å². The third-order valence-electron chi connectivity index (χ3n) is 6.32. The summed E-state index contributed by atoms with van der Waals surface area (Å²) >= 11 is 0. The molecule has 0 radical (unpaired) electrons. The van der Waals surface area contributed by atoms with Crippen LogP contribution in [-0.2, 0) is 22.7 Å². The number of likely N-dealkylation sites (tertiary alicyclic amines) is 1. The van der Waals surface area contributed by atoms with Crippen molar-refractivity contribution < 1.29 is 9.59 Å². The van der Waals surface area contributed by atoms with Crippen LogP contribution in [0.1, 0.15) is 44.7 Å². The second-order valence-electron chi connectivity index (χ2n) is 10.1. The molecule has 4 rings (SSSR count). The van der Waals surface area contributed by atoms with Crippen molar-refractivity contribution in [3.05, 3.63) is 78.0 Å². The maximum atomic E-state index is 12.9. The van der Waals surface area contributed by atoms with Gasteiger partial charge >= 0.3 is 0 Å². The van der Waals surface area contributed by atoms with Crippen LogP contribution in [0.15, 0.2) is 66.9 Å². The number of nitrogens with one attached hydrogen (secondary N) is 1. The van der Waals surface area contributed by atoms with Gasteiger partial charge in [-0.25, -0.2) is 0 Å². The Hall–Kier alpha value is -3.41. The van der Waals surface area contributed by atoms with Gasteiger partial charge in [0.25, 0.3) is 0 Å². The van der Waals surface area contributed by atoms with Crippen LogP contribution >= 0.6 is 0 Å². The lowest BCUT2D eigenvalue weighted by Crippen LogP contribution is -2.46. The third kappa shape index (κ3) is 5.74. The number of rotatable bonds is 6. The lowest BCUT2D eigenvalue weighted by atomic mass is 9.90. The second-order valence-corrected chi connectivity index (χ2v) is 10.1. The molecule has 1 fully saturated rings. The lowest BCUT2D eigenvalue weighted by Gasteiger charge is -2.35. The minimum absolute atomic E-state index is 0.0534. The van der Waals surface area contributed by atoms with Crippen molar-refractivity contribution in [1.29, 1.82) is 0 Å². The minimum atomic E-state index is -0.386. The molecule has 34 heavy (non-hydrogen) atoms. The smallest absolute Gasteiger partial charge is 0.227 e. The Morgan fingerprint density at radius 1 is 0.971 bits per heavy atom. The number of hydrogen-bond donors (Lipinski definition) is 1. The SMILES string of the molecule is CC(C)(C)C(=O)N1CCC(C(=O)NCc2cn(Cc3ccccc3)nc2-c2ccccc2)CC1. The number of amides is 2. The molecule has 1 aliphatic rings. The van der Waals surface area contributed by atoms with E-state index in [0.717, 1.165) is 16.8 Å². The zero-order chi connectivity index (χ0) is 24.1. The summed E-state index contributed by atoms with van der Waals surface area (Å²) < 4.78 is 1.94. The number of aromatic nitrogens is 2. The minimum Gasteiger partial charge on any atom is -0.352 e. The van der Waals surface area contributed by atoms with E-state index in [4.69, 9.17) is 5.10 Å². The molecule has 1 N–H and O–H groups in total. The highest BCUT2D eigenvalue weighted by Gasteiger charge is 2.32. The molecule has 1 saturated heterocycles. The molecular formula is C28H34N4O2. The summed E-state index contributed by atoms with van der Waals surface area (Å²) in [7, 11) is 0. The van der Waals surface area contributed by atoms with Gasteiger partial charge < -0.3 is 10.2 Å². The lowest BCUT2D eigenvalue weighted by molar-refractivity contribution is -0.142. The highest BCUT2D eigenvalue weighted by molar-refractivity contribution is 5.82. The van der Waals surface area contributed by atoms with Crippen molar-refractivity contribution in [2.75, 3.05) is 13.1 Å². The van der Waals surface area contributed by atoms with Crippen molar-refractivity contribution in [2.45, 2.75) is 46.7 Å². The number of benzene rings is 2. The Balaban J connectivity index is 1.42. The van der Waals surface area contributed by atoms with Crippen molar-refractivity contribution in [3.8, 4) is 11.3 Å². The van der Waals surface area contributed by atoms with Gasteiger partial charge in [-0.1, -0.05) is 81.4 Å². The van der Waals surface area contributed by atoms with Crippen LogP contribution in [0.2, 0.25) is 0 Å². The van der Waals surface area contributed by atoms with Crippen LogP contribution in [0, 0.1) is 11.3 Å². The predicted octanol–water partition coefficient (Wildman–Crippen LogP) is 4.50. The number of piperidine rings is 1. The number of nitrogens with zero attached hydrogens (tertiary/aromatic N) is 3. The largest absolute Gasteiger partial charge is 0.352 e. The summed E-state index contributed by atoms with van der Waals surface area (Å²) in [6, 6.07) is 20.3. The Kier molecular flexibility index (Phi) is 7.15. The van der Waals surface area contributed by atoms with Gasteiger partial charge in [0.2, 0.25) is 11.8 Å². The zero-order valence-electron chi connectivity index (χ0n) is 20.3. The molecule has 6 nitrogen and oxygen atoms in total. The maximum Gasteiger partial charge on any atom is 0.227 e. The molecule has 0 saturated carbocycles. The first-order valence-corrected chi connectivity index (χ1v) is 12.0. The molecule has 3 aromatic rings. The zero-order valence-corrected chi connectivity index (χ0v) is 20.3. The molecular weight excluding hydrogens is 424 g/mol. The van der Waals surface area contributed by atoms with Crippen LogP contribution < -0.4 is 5.32 Å². The van der Waals surface area contributed by atoms with Crippen molar-refractivity contribution >= 4 is 11.8 Å². The molecule has 2 aromatic carbocycles. The molecule has 6 heteroatoms. The average molecular weight is 459 g/mol. The van der Waals surface area contributed by atoms with E-state index >= 15 is 0 Å². The van der Waals surface area contributed by atoms with E-state index in [1.165, 1.54) is 5.56 Å². The summed E-state index contributed by atoms with van der Waals surface area (Å²) in [6.45, 7) is 8.20. The average Bonchev–Trinajstić information content (AvgIpc) is 3.25. The molecule has 0 aliphatic carbocycles. The first-order chi connectivity index (χ1) is 16.3. The Morgan fingerprint density at radius 2 is 1.59 bits per heavy atom. The van der Waals surface area contributed by atoms with Crippen LogP contribution in [-0.4, -0.2) is 39.6 Å². The highest BCUT2D eigenvalue weighted by Crippen LogP contribution is 2.25. The summed E-state index contributed by atoms with van der Waals surface area (Å²) in [4.78, 5) is 27.4. The predicted molar refractivity (Wildman–Crippen MR) is 134 cm³/mol. The molecule has 0 bridgehead atoms. The van der Waals surface area contributed by atoms with Gasteiger partial charge in [0.1, 0.15) is 0 Å². The quantitative estimate of drug-likeness (QED) is 0.591. The fraction of sp³-hybridized carbons (Fsp3) is 0.393. The van der Waals surface area contributed by atoms with Gasteiger partial charge in [0.15, 0.2) is 0 Å². The van der Waals surface area contributed by atoms with E-state index in [-0.39, 0.29) is 23.1 Å². The summed E-state index contributed by atoms with van der Waals surface area (Å²) in [5, 5.41) is 7.97. The van der Waals surface area contributed by atoms with E-state index in [1.807, 2.05) is 85.1 Å². The Labute approximate surface area is 202 Å². The van der Waals surface area contributed by atoms with E-state index in [2.05, 4.69) is 17.4 Å². The monoisotopic (exact) mass is 458 g/mol. The second kappa shape index (κ2) is 10.2. The first kappa shape index (κ1) is 23.7. The summed E-state index contributed by atoms with van der Waals surface area (Å²) in [5.41, 5.74) is 3.71. The van der Waals surface area contributed by atoms with Crippen molar-refractivity contribution in [2.24, 2.45) is 11.3 Å². The van der Waals surface area contributed by atoms with Gasteiger partial charge in [-0.15, -0.1) is 0 Å². The van der Waals surface area contributed by atoms with Gasteiger partial charge in [-0.2, -0.15) is 5.10 Å². The third-order valence-corrected chi connectivity index (χ3v) is 6.32. The molecule has 0 spiro atoms. The van der Waals surface area contributed by atoms with Crippen LogP contribution in [0.5, 0.6) is 0 Å². The Morgan fingerprint density at radius 3 is 2.21 bits per heavy atom. The molecule has 2 amide bonds. The normalized spacial score (nSPS) is 14.7. The van der Waals surface area contributed by atoms with Crippen molar-refractivity contribution in [1.82, 2.24) is 20.0 Å². The molecule has 0 atom stereocenters. The van der Waals surface area contributed by atoms with E-state index < -0.39 is 0 Å². The van der Waals surface area contributed by atoms with Gasteiger partial charge in [0, 0.05) is 48.3 Å². The summed E-state index contributed by atoms with van der Waals surface area (Å²) in [6.07, 6.45) is 3.43. The molecule has 1 aliphatic heterocycles. The standard InChI is InChI=1S/C28H34N4O2/c1-28(2,3)27(34)31-16-14-23(15-17-31)26(33)29-18-24-20-32(19-21-10-6-4-7-11-21)30-25(24)22-12-8-5-9-13-22/h4-13,20,23H,14-19H2,1-3H3,(H,29,33). The van der Waals surface area contributed by atoms with E-state index in [9.17, 15) is 9.59 Å².